The third-order valence-electron chi connectivity index (χ3n) is 2.51. The molecule has 1 heterocycles. The SMILES string of the molecule is Cc1cc(-c2cccnc2)ccc1CO. The summed E-state index contributed by atoms with van der Waals surface area (Å²) >= 11 is 0. The quantitative estimate of drug-likeness (QED) is 0.806. The van der Waals surface area contributed by atoms with Gasteiger partial charge < -0.3 is 5.11 Å². The Kier molecular flexibility index (Phi) is 2.79. The summed E-state index contributed by atoms with van der Waals surface area (Å²) in [6, 6.07) is 9.99. The molecule has 0 spiro atoms. The van der Waals surface area contributed by atoms with Gasteiger partial charge in [0, 0.05) is 12.4 Å². The zero-order valence-corrected chi connectivity index (χ0v) is 8.64. The molecule has 1 aromatic heterocycles. The number of aromatic nitrogens is 1. The van der Waals surface area contributed by atoms with Crippen molar-refractivity contribution in [1.29, 1.82) is 0 Å². The lowest BCUT2D eigenvalue weighted by molar-refractivity contribution is 0.281. The van der Waals surface area contributed by atoms with Gasteiger partial charge >= 0.3 is 0 Å². The minimum atomic E-state index is 0.0964. The molecule has 0 fully saturated rings. The van der Waals surface area contributed by atoms with E-state index in [1.165, 1.54) is 0 Å². The van der Waals surface area contributed by atoms with Gasteiger partial charge in [-0.2, -0.15) is 0 Å². The van der Waals surface area contributed by atoms with Gasteiger partial charge in [-0.1, -0.05) is 24.3 Å². The second-order valence-electron chi connectivity index (χ2n) is 3.54. The molecule has 0 bridgehead atoms. The topological polar surface area (TPSA) is 33.1 Å². The van der Waals surface area contributed by atoms with Gasteiger partial charge in [-0.3, -0.25) is 4.98 Å². The Morgan fingerprint density at radius 1 is 1.20 bits per heavy atom. The Bertz CT molecular complexity index is 451. The van der Waals surface area contributed by atoms with Crippen LogP contribution in [0.3, 0.4) is 0 Å². The standard InChI is InChI=1S/C13H13NO/c1-10-7-11(4-5-13(10)9-15)12-3-2-6-14-8-12/h2-8,15H,9H2,1H3. The van der Waals surface area contributed by atoms with E-state index >= 15 is 0 Å². The number of aliphatic hydroxyl groups is 1. The lowest BCUT2D eigenvalue weighted by Gasteiger charge is -2.06. The maximum atomic E-state index is 9.07. The van der Waals surface area contributed by atoms with Gasteiger partial charge in [0.1, 0.15) is 0 Å². The number of aliphatic hydroxyl groups excluding tert-OH is 1. The summed E-state index contributed by atoms with van der Waals surface area (Å²) < 4.78 is 0. The first-order valence-electron chi connectivity index (χ1n) is 4.92. The molecule has 0 aliphatic heterocycles. The number of rotatable bonds is 2. The number of hydrogen-bond acceptors (Lipinski definition) is 2. The number of benzene rings is 1. The van der Waals surface area contributed by atoms with E-state index in [1.807, 2.05) is 37.4 Å². The summed E-state index contributed by atoms with van der Waals surface area (Å²) in [5.41, 5.74) is 4.32. The maximum absolute atomic E-state index is 9.07. The van der Waals surface area contributed by atoms with E-state index in [1.54, 1.807) is 6.20 Å². The van der Waals surface area contributed by atoms with Gasteiger partial charge in [-0.05, 0) is 35.2 Å². The van der Waals surface area contributed by atoms with Crippen LogP contribution in [0.5, 0.6) is 0 Å². The molecule has 0 aliphatic carbocycles. The molecule has 15 heavy (non-hydrogen) atoms. The highest BCUT2D eigenvalue weighted by Crippen LogP contribution is 2.21. The number of aryl methyl sites for hydroxylation is 1. The van der Waals surface area contributed by atoms with Gasteiger partial charge in [0.05, 0.1) is 6.61 Å². The largest absolute Gasteiger partial charge is 0.392 e. The molecule has 0 radical (unpaired) electrons. The Morgan fingerprint density at radius 3 is 2.67 bits per heavy atom. The van der Waals surface area contributed by atoms with Crippen molar-refractivity contribution in [3.63, 3.8) is 0 Å². The van der Waals surface area contributed by atoms with Crippen LogP contribution in [0.4, 0.5) is 0 Å². The molecular formula is C13H13NO. The summed E-state index contributed by atoms with van der Waals surface area (Å²) in [7, 11) is 0. The average Bonchev–Trinajstić information content (AvgIpc) is 2.30. The van der Waals surface area contributed by atoms with Gasteiger partial charge in [-0.25, -0.2) is 0 Å². The summed E-state index contributed by atoms with van der Waals surface area (Å²) in [5, 5.41) is 9.07. The Morgan fingerprint density at radius 2 is 2.07 bits per heavy atom. The summed E-state index contributed by atoms with van der Waals surface area (Å²) in [5.74, 6) is 0. The summed E-state index contributed by atoms with van der Waals surface area (Å²) in [6.07, 6.45) is 3.60. The zero-order chi connectivity index (χ0) is 10.7. The first-order valence-corrected chi connectivity index (χ1v) is 4.92. The maximum Gasteiger partial charge on any atom is 0.0684 e. The number of pyridine rings is 1. The average molecular weight is 199 g/mol. The predicted octanol–water partition coefficient (Wildman–Crippen LogP) is 2.55. The second-order valence-corrected chi connectivity index (χ2v) is 3.54. The molecule has 1 aromatic carbocycles. The van der Waals surface area contributed by atoms with Crippen LogP contribution in [0.15, 0.2) is 42.7 Å². The van der Waals surface area contributed by atoms with Crippen LogP contribution in [0.25, 0.3) is 11.1 Å². The van der Waals surface area contributed by atoms with Crippen molar-refractivity contribution < 1.29 is 5.11 Å². The van der Waals surface area contributed by atoms with Crippen LogP contribution in [0.1, 0.15) is 11.1 Å². The molecule has 2 rings (SSSR count). The Hall–Kier alpha value is -1.67. The van der Waals surface area contributed by atoms with Crippen LogP contribution in [0.2, 0.25) is 0 Å². The fourth-order valence-corrected chi connectivity index (χ4v) is 1.59. The Balaban J connectivity index is 2.43. The molecule has 2 aromatic rings. The first-order chi connectivity index (χ1) is 7.31. The lowest BCUT2D eigenvalue weighted by atomic mass is 10.0. The van der Waals surface area contributed by atoms with Crippen LogP contribution >= 0.6 is 0 Å². The van der Waals surface area contributed by atoms with Crippen molar-refractivity contribution >= 4 is 0 Å². The molecule has 0 saturated heterocycles. The molecular weight excluding hydrogens is 186 g/mol. The minimum Gasteiger partial charge on any atom is -0.392 e. The van der Waals surface area contributed by atoms with Crippen LogP contribution in [-0.2, 0) is 6.61 Å². The molecule has 0 saturated carbocycles. The molecule has 0 unspecified atom stereocenters. The highest BCUT2D eigenvalue weighted by molar-refractivity contribution is 5.63. The summed E-state index contributed by atoms with van der Waals surface area (Å²) in [6.45, 7) is 2.10. The lowest BCUT2D eigenvalue weighted by Crippen LogP contribution is -1.89. The predicted molar refractivity (Wildman–Crippen MR) is 60.3 cm³/mol. The van der Waals surface area contributed by atoms with E-state index in [2.05, 4.69) is 11.1 Å². The van der Waals surface area contributed by atoms with E-state index in [-0.39, 0.29) is 6.61 Å². The molecule has 0 atom stereocenters. The fourth-order valence-electron chi connectivity index (χ4n) is 1.59. The van der Waals surface area contributed by atoms with Crippen molar-refractivity contribution in [3.05, 3.63) is 53.9 Å². The monoisotopic (exact) mass is 199 g/mol. The van der Waals surface area contributed by atoms with Crippen LogP contribution in [0, 0.1) is 6.92 Å². The van der Waals surface area contributed by atoms with Crippen LogP contribution in [-0.4, -0.2) is 10.1 Å². The second kappa shape index (κ2) is 4.24. The first kappa shape index (κ1) is 9.87. The number of hydrogen-bond donors (Lipinski definition) is 1. The molecule has 0 amide bonds. The van der Waals surface area contributed by atoms with Crippen molar-refractivity contribution in [3.8, 4) is 11.1 Å². The van der Waals surface area contributed by atoms with Gasteiger partial charge in [0.15, 0.2) is 0 Å². The van der Waals surface area contributed by atoms with E-state index in [9.17, 15) is 0 Å². The van der Waals surface area contributed by atoms with E-state index in [0.717, 1.165) is 22.3 Å². The van der Waals surface area contributed by atoms with Crippen molar-refractivity contribution in [1.82, 2.24) is 4.98 Å². The summed E-state index contributed by atoms with van der Waals surface area (Å²) in [4.78, 5) is 4.08. The minimum absolute atomic E-state index is 0.0964. The van der Waals surface area contributed by atoms with Crippen molar-refractivity contribution in [2.24, 2.45) is 0 Å². The zero-order valence-electron chi connectivity index (χ0n) is 8.64. The van der Waals surface area contributed by atoms with E-state index in [0.29, 0.717) is 0 Å². The highest BCUT2D eigenvalue weighted by atomic mass is 16.3. The highest BCUT2D eigenvalue weighted by Gasteiger charge is 2.00. The van der Waals surface area contributed by atoms with Crippen molar-refractivity contribution in [2.75, 3.05) is 0 Å². The molecule has 2 heteroatoms. The number of nitrogens with zero attached hydrogens (tertiary/aromatic N) is 1. The molecule has 1 N–H and O–H groups in total. The molecule has 2 nitrogen and oxygen atoms in total. The van der Waals surface area contributed by atoms with Crippen molar-refractivity contribution in [2.45, 2.75) is 13.5 Å². The molecule has 0 aliphatic rings. The molecule has 76 valence electrons. The van der Waals surface area contributed by atoms with E-state index in [4.69, 9.17) is 5.11 Å². The fraction of sp³-hybridized carbons (Fsp3) is 0.154. The van der Waals surface area contributed by atoms with Gasteiger partial charge in [0.2, 0.25) is 0 Å². The third-order valence-corrected chi connectivity index (χ3v) is 2.51. The van der Waals surface area contributed by atoms with Crippen LogP contribution < -0.4 is 0 Å². The van der Waals surface area contributed by atoms with E-state index < -0.39 is 0 Å². The normalized spacial score (nSPS) is 10.3. The smallest absolute Gasteiger partial charge is 0.0684 e. The van der Waals surface area contributed by atoms with Gasteiger partial charge in [-0.15, -0.1) is 0 Å². The third kappa shape index (κ3) is 2.05. The van der Waals surface area contributed by atoms with Gasteiger partial charge in [0.25, 0.3) is 0 Å². The Labute approximate surface area is 89.2 Å².